The van der Waals surface area contributed by atoms with Crippen LogP contribution in [0.3, 0.4) is 0 Å². The summed E-state index contributed by atoms with van der Waals surface area (Å²) >= 11 is 3.26. The Morgan fingerprint density at radius 3 is 2.57 bits per heavy atom. The third-order valence-corrected chi connectivity index (χ3v) is 3.36. The molecule has 0 unspecified atom stereocenters. The summed E-state index contributed by atoms with van der Waals surface area (Å²) in [6, 6.07) is 0.505. The maximum Gasteiger partial charge on any atom is 0.326 e. The van der Waals surface area contributed by atoms with Gasteiger partial charge in [0, 0.05) is 23.6 Å². The maximum atomic E-state index is 12.1. The van der Waals surface area contributed by atoms with Crippen LogP contribution >= 0.6 is 15.9 Å². The van der Waals surface area contributed by atoms with Crippen LogP contribution in [-0.2, 0) is 16.1 Å². The zero-order chi connectivity index (χ0) is 16.0. The number of carbonyl (C=O) groups is 3. The molecule has 0 bridgehead atoms. The second-order valence-corrected chi connectivity index (χ2v) is 5.40. The van der Waals surface area contributed by atoms with Crippen LogP contribution in [0.25, 0.3) is 0 Å². The summed E-state index contributed by atoms with van der Waals surface area (Å²) in [6.45, 7) is 2.44. The van der Waals surface area contributed by atoms with Gasteiger partial charge in [-0.05, 0) is 41.8 Å². The summed E-state index contributed by atoms with van der Waals surface area (Å²) in [5, 5.41) is 20.1. The third kappa shape index (κ3) is 5.22. The second kappa shape index (κ2) is 7.82. The maximum absolute atomic E-state index is 12.1. The largest absolute Gasteiger partial charge is 0.481 e. The van der Waals surface area contributed by atoms with Gasteiger partial charge in [-0.15, -0.1) is 0 Å². The molecule has 3 N–H and O–H groups in total. The molecule has 1 atom stereocenters. The third-order valence-electron chi connectivity index (χ3n) is 2.92. The molecule has 0 aliphatic carbocycles. The summed E-state index contributed by atoms with van der Waals surface area (Å²) in [5.41, 5.74) is 0.355. The van der Waals surface area contributed by atoms with Gasteiger partial charge < -0.3 is 20.1 Å². The number of carbonyl (C=O) groups excluding carboxylic acids is 1. The molecule has 21 heavy (non-hydrogen) atoms. The van der Waals surface area contributed by atoms with Crippen LogP contribution in [0.2, 0.25) is 0 Å². The van der Waals surface area contributed by atoms with Gasteiger partial charge in [-0.2, -0.15) is 0 Å². The quantitative estimate of drug-likeness (QED) is 0.653. The average Bonchev–Trinajstić information content (AvgIpc) is 2.78. The number of nitrogens with zero attached hydrogens (tertiary/aromatic N) is 1. The van der Waals surface area contributed by atoms with Gasteiger partial charge in [0.25, 0.3) is 5.91 Å². The average molecular weight is 361 g/mol. The molecule has 0 fully saturated rings. The Kier molecular flexibility index (Phi) is 6.41. The van der Waals surface area contributed by atoms with Crippen molar-refractivity contribution in [3.05, 3.63) is 22.4 Å². The number of nitrogens with one attached hydrogen (secondary N) is 1. The Labute approximate surface area is 130 Å². The van der Waals surface area contributed by atoms with Crippen molar-refractivity contribution >= 4 is 33.8 Å². The first-order chi connectivity index (χ1) is 9.85. The van der Waals surface area contributed by atoms with Gasteiger partial charge in [-0.3, -0.25) is 9.59 Å². The van der Waals surface area contributed by atoms with E-state index in [0.717, 1.165) is 4.47 Å². The highest BCUT2D eigenvalue weighted by Gasteiger charge is 2.22. The molecule has 0 aliphatic rings. The molecule has 0 saturated heterocycles. The van der Waals surface area contributed by atoms with Crippen LogP contribution in [0, 0.1) is 0 Å². The van der Waals surface area contributed by atoms with Gasteiger partial charge in [0.2, 0.25) is 0 Å². The van der Waals surface area contributed by atoms with Crippen molar-refractivity contribution in [1.82, 2.24) is 9.88 Å². The Balaban J connectivity index is 2.71. The fraction of sp³-hybridized carbons (Fsp3) is 0.462. The molecular weight excluding hydrogens is 344 g/mol. The summed E-state index contributed by atoms with van der Waals surface area (Å²) in [6.07, 6.45) is 1.86. The van der Waals surface area contributed by atoms with Crippen molar-refractivity contribution in [1.29, 1.82) is 0 Å². The molecule has 1 rings (SSSR count). The molecule has 7 nitrogen and oxygen atoms in total. The molecule has 0 aromatic carbocycles. The predicted octanol–water partition coefficient (Wildman–Crippen LogP) is 1.71. The Morgan fingerprint density at radius 1 is 1.38 bits per heavy atom. The first-order valence-corrected chi connectivity index (χ1v) is 7.25. The van der Waals surface area contributed by atoms with Gasteiger partial charge in [0.15, 0.2) is 0 Å². The van der Waals surface area contributed by atoms with Gasteiger partial charge in [0.05, 0.1) is 0 Å². The Hall–Kier alpha value is -1.83. The van der Waals surface area contributed by atoms with Crippen molar-refractivity contribution < 1.29 is 24.6 Å². The molecule has 0 radical (unpaired) electrons. The van der Waals surface area contributed by atoms with Crippen LogP contribution in [-0.4, -0.2) is 38.7 Å². The first-order valence-electron chi connectivity index (χ1n) is 6.46. The van der Waals surface area contributed by atoms with Crippen LogP contribution in [0.1, 0.15) is 36.7 Å². The van der Waals surface area contributed by atoms with Gasteiger partial charge >= 0.3 is 11.9 Å². The number of amides is 1. The number of carboxylic acids is 2. The van der Waals surface area contributed by atoms with E-state index in [1.165, 1.54) is 0 Å². The van der Waals surface area contributed by atoms with E-state index in [4.69, 9.17) is 10.2 Å². The lowest BCUT2D eigenvalue weighted by atomic mass is 10.1. The van der Waals surface area contributed by atoms with E-state index in [0.29, 0.717) is 12.2 Å². The minimum atomic E-state index is -1.18. The van der Waals surface area contributed by atoms with E-state index in [2.05, 4.69) is 21.2 Å². The highest BCUT2D eigenvalue weighted by atomic mass is 79.9. The highest BCUT2D eigenvalue weighted by Crippen LogP contribution is 2.15. The summed E-state index contributed by atoms with van der Waals surface area (Å²) in [4.78, 5) is 33.7. The Bertz CT molecular complexity index is 541. The van der Waals surface area contributed by atoms with E-state index < -0.39 is 23.9 Å². The number of halogens is 1. The van der Waals surface area contributed by atoms with Crippen molar-refractivity contribution in [2.75, 3.05) is 0 Å². The molecule has 8 heteroatoms. The number of hydrogen-bond acceptors (Lipinski definition) is 3. The lowest BCUT2D eigenvalue weighted by Crippen LogP contribution is -2.41. The van der Waals surface area contributed by atoms with Crippen molar-refractivity contribution in [3.63, 3.8) is 0 Å². The number of carboxylic acid groups (broad SMARTS) is 2. The highest BCUT2D eigenvalue weighted by molar-refractivity contribution is 9.10. The molecule has 1 aromatic heterocycles. The summed E-state index contributed by atoms with van der Waals surface area (Å²) in [7, 11) is 0. The van der Waals surface area contributed by atoms with Crippen LogP contribution in [0.5, 0.6) is 0 Å². The molecule has 1 aromatic rings. The van der Waals surface area contributed by atoms with Crippen LogP contribution in [0.15, 0.2) is 16.7 Å². The van der Waals surface area contributed by atoms with Gasteiger partial charge in [0.1, 0.15) is 11.7 Å². The molecule has 1 heterocycles. The van der Waals surface area contributed by atoms with E-state index in [9.17, 15) is 14.4 Å². The molecule has 0 aliphatic heterocycles. The topological polar surface area (TPSA) is 109 Å². The smallest absolute Gasteiger partial charge is 0.326 e. The lowest BCUT2D eigenvalue weighted by molar-refractivity contribution is -0.140. The first kappa shape index (κ1) is 17.2. The standard InChI is InChI=1S/C13H17BrN2O5/c1-2-16-7-8(14)6-10(16)12(19)15-9(13(20)21)4-3-5-11(17)18/h6-7,9H,2-5H2,1H3,(H,15,19)(H,17,18)(H,20,21)/t9-/m1/s1. The number of aromatic nitrogens is 1. The molecule has 0 saturated carbocycles. The zero-order valence-corrected chi connectivity index (χ0v) is 13.1. The predicted molar refractivity (Wildman–Crippen MR) is 78.2 cm³/mol. The van der Waals surface area contributed by atoms with Gasteiger partial charge in [-0.25, -0.2) is 4.79 Å². The van der Waals surface area contributed by atoms with Crippen molar-refractivity contribution in [3.8, 4) is 0 Å². The van der Waals surface area contributed by atoms with E-state index in [1.807, 2.05) is 6.92 Å². The number of hydrogen-bond donors (Lipinski definition) is 3. The van der Waals surface area contributed by atoms with E-state index >= 15 is 0 Å². The van der Waals surface area contributed by atoms with Crippen LogP contribution < -0.4 is 5.32 Å². The van der Waals surface area contributed by atoms with Crippen LogP contribution in [0.4, 0.5) is 0 Å². The van der Waals surface area contributed by atoms with Crippen molar-refractivity contribution in [2.24, 2.45) is 0 Å². The summed E-state index contributed by atoms with van der Waals surface area (Å²) < 4.78 is 2.42. The molecule has 1 amide bonds. The molecule has 0 spiro atoms. The molecular formula is C13H17BrN2O5. The fourth-order valence-electron chi connectivity index (χ4n) is 1.87. The molecule has 116 valence electrons. The lowest BCUT2D eigenvalue weighted by Gasteiger charge is -2.14. The fourth-order valence-corrected chi connectivity index (χ4v) is 2.34. The minimum Gasteiger partial charge on any atom is -0.481 e. The number of rotatable bonds is 8. The summed E-state index contributed by atoms with van der Waals surface area (Å²) in [5.74, 6) is -2.66. The zero-order valence-electron chi connectivity index (χ0n) is 11.5. The van der Waals surface area contributed by atoms with Crippen molar-refractivity contribution in [2.45, 2.75) is 38.8 Å². The van der Waals surface area contributed by atoms with E-state index in [-0.39, 0.29) is 19.3 Å². The number of aryl methyl sites for hydroxylation is 1. The second-order valence-electron chi connectivity index (χ2n) is 4.48. The number of aliphatic carboxylic acids is 2. The minimum absolute atomic E-state index is 0.0708. The monoisotopic (exact) mass is 360 g/mol. The SMILES string of the molecule is CCn1cc(Br)cc1C(=O)N[C@H](CCCC(=O)O)C(=O)O. The normalized spacial score (nSPS) is 11.9. The van der Waals surface area contributed by atoms with Gasteiger partial charge in [-0.1, -0.05) is 0 Å². The van der Waals surface area contributed by atoms with E-state index in [1.54, 1.807) is 16.8 Å². The Morgan fingerprint density at radius 2 is 2.05 bits per heavy atom.